The van der Waals surface area contributed by atoms with Crippen molar-refractivity contribution in [3.63, 3.8) is 0 Å². The van der Waals surface area contributed by atoms with Gasteiger partial charge in [-0.15, -0.1) is 11.8 Å². The number of para-hydroxylation sites is 1. The third kappa shape index (κ3) is 8.27. The van der Waals surface area contributed by atoms with Gasteiger partial charge in [-0.1, -0.05) is 30.3 Å². The van der Waals surface area contributed by atoms with Gasteiger partial charge in [0.05, 0.1) is 18.9 Å². The van der Waals surface area contributed by atoms with Gasteiger partial charge in [-0.05, 0) is 36.8 Å². The number of amides is 3. The lowest BCUT2D eigenvalue weighted by atomic mass is 10.1. The third-order valence-electron chi connectivity index (χ3n) is 4.00. The maximum atomic E-state index is 12.0. The van der Waals surface area contributed by atoms with Gasteiger partial charge in [0.2, 0.25) is 5.91 Å². The summed E-state index contributed by atoms with van der Waals surface area (Å²) >= 11 is 1.36. The second-order valence-corrected chi connectivity index (χ2v) is 7.34. The van der Waals surface area contributed by atoms with Crippen LogP contribution in [0.4, 0.5) is 16.2 Å². The summed E-state index contributed by atoms with van der Waals surface area (Å²) in [5, 5.41) is 8.44. The van der Waals surface area contributed by atoms with Crippen molar-refractivity contribution < 1.29 is 19.1 Å². The number of urea groups is 1. The van der Waals surface area contributed by atoms with Crippen LogP contribution in [0.15, 0.2) is 54.6 Å². The number of hydrogen-bond donors (Lipinski definition) is 3. The predicted molar refractivity (Wildman–Crippen MR) is 116 cm³/mol. The van der Waals surface area contributed by atoms with E-state index in [1.54, 1.807) is 24.3 Å². The largest absolute Gasteiger partial charge is 0.468 e. The van der Waals surface area contributed by atoms with Crippen LogP contribution in [0.25, 0.3) is 0 Å². The molecule has 0 aliphatic carbocycles. The van der Waals surface area contributed by atoms with Crippen molar-refractivity contribution >= 4 is 41.0 Å². The number of anilines is 2. The Kier molecular flexibility index (Phi) is 9.04. The van der Waals surface area contributed by atoms with E-state index in [-0.39, 0.29) is 29.7 Å². The summed E-state index contributed by atoms with van der Waals surface area (Å²) in [5.41, 5.74) is 2.29. The number of carbonyl (C=O) groups is 3. The number of benzene rings is 2. The van der Waals surface area contributed by atoms with Crippen LogP contribution in [0.3, 0.4) is 0 Å². The molecule has 1 atom stereocenters. The lowest BCUT2D eigenvalue weighted by Crippen LogP contribution is -2.27. The van der Waals surface area contributed by atoms with Gasteiger partial charge in [0.1, 0.15) is 0 Å². The van der Waals surface area contributed by atoms with E-state index in [1.165, 1.54) is 18.9 Å². The summed E-state index contributed by atoms with van der Waals surface area (Å²) in [6.07, 6.45) is 0.325. The Morgan fingerprint density at radius 3 is 2.21 bits per heavy atom. The van der Waals surface area contributed by atoms with Gasteiger partial charge in [-0.3, -0.25) is 9.59 Å². The van der Waals surface area contributed by atoms with Crippen LogP contribution in [-0.2, 0) is 14.3 Å². The average Bonchev–Trinajstić information content (AvgIpc) is 2.72. The summed E-state index contributed by atoms with van der Waals surface area (Å²) < 4.78 is 4.55. The Bertz CT molecular complexity index is 812. The minimum Gasteiger partial charge on any atom is -0.468 e. The number of thioether (sulfide) groups is 1. The Labute approximate surface area is 174 Å². The summed E-state index contributed by atoms with van der Waals surface area (Å²) in [5.74, 6) is 0.410. The van der Waals surface area contributed by atoms with Gasteiger partial charge >= 0.3 is 12.0 Å². The highest BCUT2D eigenvalue weighted by molar-refractivity contribution is 7.99. The van der Waals surface area contributed by atoms with E-state index in [4.69, 9.17) is 0 Å². The van der Waals surface area contributed by atoms with Crippen LogP contribution in [0, 0.1) is 0 Å². The van der Waals surface area contributed by atoms with E-state index in [0.29, 0.717) is 23.5 Å². The van der Waals surface area contributed by atoms with E-state index in [9.17, 15) is 14.4 Å². The number of esters is 1. The highest BCUT2D eigenvalue weighted by Gasteiger charge is 2.11. The fourth-order valence-corrected chi connectivity index (χ4v) is 3.20. The molecule has 3 amide bonds. The van der Waals surface area contributed by atoms with Crippen molar-refractivity contribution in [2.24, 2.45) is 0 Å². The summed E-state index contributed by atoms with van der Waals surface area (Å²) in [4.78, 5) is 35.1. The first-order valence-electron chi connectivity index (χ1n) is 9.15. The number of carbonyl (C=O) groups excluding carboxylic acids is 3. The fourth-order valence-electron chi connectivity index (χ4n) is 2.45. The van der Waals surface area contributed by atoms with Gasteiger partial charge in [0.25, 0.3) is 0 Å². The van der Waals surface area contributed by atoms with Crippen molar-refractivity contribution in [2.75, 3.05) is 29.2 Å². The Morgan fingerprint density at radius 1 is 0.966 bits per heavy atom. The molecule has 2 aromatic rings. The zero-order valence-electron chi connectivity index (χ0n) is 16.4. The molecule has 0 saturated heterocycles. The summed E-state index contributed by atoms with van der Waals surface area (Å²) in [6.45, 7) is 1.89. The van der Waals surface area contributed by atoms with E-state index < -0.39 is 0 Å². The molecule has 7 nitrogen and oxygen atoms in total. The van der Waals surface area contributed by atoms with Gasteiger partial charge in [0.15, 0.2) is 0 Å². The van der Waals surface area contributed by atoms with Crippen LogP contribution in [0.5, 0.6) is 0 Å². The maximum absolute atomic E-state index is 12.0. The minimum absolute atomic E-state index is 0.0840. The van der Waals surface area contributed by atoms with Crippen molar-refractivity contribution in [1.82, 2.24) is 5.32 Å². The SMILES string of the molecule is COC(=O)CSCCC(=O)NC(C)c1ccc(NC(=O)Nc2ccccc2)cc1. The zero-order valence-corrected chi connectivity index (χ0v) is 17.3. The molecule has 0 aliphatic rings. The van der Waals surface area contributed by atoms with Gasteiger partial charge in [-0.25, -0.2) is 4.79 Å². The molecule has 0 radical (unpaired) electrons. The molecule has 2 rings (SSSR count). The highest BCUT2D eigenvalue weighted by atomic mass is 32.2. The van der Waals surface area contributed by atoms with Crippen molar-refractivity contribution in [3.05, 3.63) is 60.2 Å². The molecule has 0 bridgehead atoms. The Hall–Kier alpha value is -3.00. The molecule has 0 aliphatic heterocycles. The number of nitrogens with one attached hydrogen (secondary N) is 3. The van der Waals surface area contributed by atoms with Crippen LogP contribution in [-0.4, -0.2) is 36.5 Å². The molecular formula is C21H25N3O4S. The zero-order chi connectivity index (χ0) is 21.1. The second-order valence-electron chi connectivity index (χ2n) is 6.24. The topological polar surface area (TPSA) is 96.5 Å². The molecule has 0 saturated carbocycles. The normalized spacial score (nSPS) is 11.2. The first-order valence-corrected chi connectivity index (χ1v) is 10.3. The molecule has 29 heavy (non-hydrogen) atoms. The standard InChI is InChI=1S/C21H25N3O4S/c1-15(22-19(25)12-13-29-14-20(26)28-2)16-8-10-18(11-9-16)24-21(27)23-17-6-4-3-5-7-17/h3-11,15H,12-14H2,1-2H3,(H,22,25)(H2,23,24,27). The van der Waals surface area contributed by atoms with Crippen LogP contribution in [0.2, 0.25) is 0 Å². The van der Waals surface area contributed by atoms with Crippen molar-refractivity contribution in [1.29, 1.82) is 0 Å². The number of ether oxygens (including phenoxy) is 1. The fraction of sp³-hybridized carbons (Fsp3) is 0.286. The van der Waals surface area contributed by atoms with Crippen LogP contribution >= 0.6 is 11.8 Å². The lowest BCUT2D eigenvalue weighted by molar-refractivity contribution is -0.137. The van der Waals surface area contributed by atoms with E-state index in [0.717, 1.165) is 5.56 Å². The van der Waals surface area contributed by atoms with Crippen molar-refractivity contribution in [2.45, 2.75) is 19.4 Å². The van der Waals surface area contributed by atoms with Gasteiger partial charge in [-0.2, -0.15) is 0 Å². The molecule has 8 heteroatoms. The maximum Gasteiger partial charge on any atom is 0.323 e. The molecule has 0 fully saturated rings. The monoisotopic (exact) mass is 415 g/mol. The molecule has 0 heterocycles. The van der Waals surface area contributed by atoms with Gasteiger partial charge in [0, 0.05) is 23.5 Å². The molecule has 3 N–H and O–H groups in total. The molecule has 0 aromatic heterocycles. The number of rotatable bonds is 9. The molecular weight excluding hydrogens is 390 g/mol. The minimum atomic E-state index is -0.324. The van der Waals surface area contributed by atoms with Crippen LogP contribution in [0.1, 0.15) is 24.9 Å². The lowest BCUT2D eigenvalue weighted by Gasteiger charge is -2.15. The summed E-state index contributed by atoms with van der Waals surface area (Å²) in [7, 11) is 1.34. The quantitative estimate of drug-likeness (QED) is 0.428. The summed E-state index contributed by atoms with van der Waals surface area (Å²) in [6, 6.07) is 16.0. The molecule has 154 valence electrons. The van der Waals surface area contributed by atoms with Crippen molar-refractivity contribution in [3.8, 4) is 0 Å². The first kappa shape index (κ1) is 22.3. The molecule has 1 unspecified atom stereocenters. The van der Waals surface area contributed by atoms with E-state index in [2.05, 4.69) is 20.7 Å². The number of hydrogen-bond acceptors (Lipinski definition) is 5. The molecule has 2 aromatic carbocycles. The predicted octanol–water partition coefficient (Wildman–Crippen LogP) is 3.80. The average molecular weight is 416 g/mol. The first-order chi connectivity index (χ1) is 14.0. The Balaban J connectivity index is 1.76. The third-order valence-corrected chi connectivity index (χ3v) is 4.93. The second kappa shape index (κ2) is 11.8. The van der Waals surface area contributed by atoms with Gasteiger partial charge < -0.3 is 20.7 Å². The van der Waals surface area contributed by atoms with Crippen LogP contribution < -0.4 is 16.0 Å². The molecule has 0 spiro atoms. The number of methoxy groups -OCH3 is 1. The highest BCUT2D eigenvalue weighted by Crippen LogP contribution is 2.17. The van der Waals surface area contributed by atoms with E-state index >= 15 is 0 Å². The van der Waals surface area contributed by atoms with E-state index in [1.807, 2.05) is 37.3 Å². The Morgan fingerprint density at radius 2 is 1.59 bits per heavy atom. The smallest absolute Gasteiger partial charge is 0.323 e.